The summed E-state index contributed by atoms with van der Waals surface area (Å²) in [4.78, 5) is -0.0336. The monoisotopic (exact) mass is 1040 g/mol. The SMILES string of the molecule is COc1ccc(C(c2ccc(Oc3cccc(Oc4ccc(C(c5ccc(Oc6ccc(S(=O)(=O)c7ccc(C)c(C)c7)cc6C)cc5)(C(F)(F)F)C(F)(F)F)cc4)c3C#N)cc2)(C(F)(F)F)C(F)(F)F)cc1. The molecular weight excluding hydrogens is 1010 g/mol. The van der Waals surface area contributed by atoms with E-state index in [0.717, 1.165) is 59.7 Å². The Morgan fingerprint density at radius 1 is 0.411 bits per heavy atom. The van der Waals surface area contributed by atoms with E-state index in [4.69, 9.17) is 18.9 Å². The lowest BCUT2D eigenvalue weighted by molar-refractivity contribution is -0.290. The van der Waals surface area contributed by atoms with Crippen LogP contribution in [0.2, 0.25) is 0 Å². The number of nitrogens with zero attached hydrogens (tertiary/aromatic N) is 1. The average molecular weight is 1040 g/mol. The largest absolute Gasteiger partial charge is 0.497 e. The van der Waals surface area contributed by atoms with E-state index in [1.807, 2.05) is 6.92 Å². The summed E-state index contributed by atoms with van der Waals surface area (Å²) in [7, 11) is -2.79. The fourth-order valence-corrected chi connectivity index (χ4v) is 9.65. The molecule has 73 heavy (non-hydrogen) atoms. The van der Waals surface area contributed by atoms with Crippen LogP contribution in [0.25, 0.3) is 0 Å². The number of halogens is 12. The van der Waals surface area contributed by atoms with Crippen LogP contribution < -0.4 is 18.9 Å². The number of nitriles is 1. The first-order valence-electron chi connectivity index (χ1n) is 21.3. The lowest BCUT2D eigenvalue weighted by Gasteiger charge is -2.38. The zero-order chi connectivity index (χ0) is 53.5. The minimum Gasteiger partial charge on any atom is -0.497 e. The highest BCUT2D eigenvalue weighted by atomic mass is 32.2. The minimum atomic E-state index is -6.00. The van der Waals surface area contributed by atoms with E-state index >= 15 is 26.3 Å². The van der Waals surface area contributed by atoms with E-state index < -0.39 is 73.2 Å². The van der Waals surface area contributed by atoms with Crippen LogP contribution in [-0.4, -0.2) is 40.2 Å². The number of alkyl halides is 12. The van der Waals surface area contributed by atoms with Crippen LogP contribution in [0, 0.1) is 32.1 Å². The maximum atomic E-state index is 15.1. The smallest absolute Gasteiger partial charge is 0.411 e. The van der Waals surface area contributed by atoms with E-state index in [9.17, 15) is 40.0 Å². The van der Waals surface area contributed by atoms with Gasteiger partial charge in [0.25, 0.3) is 0 Å². The van der Waals surface area contributed by atoms with Crippen LogP contribution in [0.3, 0.4) is 0 Å². The zero-order valence-corrected chi connectivity index (χ0v) is 39.1. The van der Waals surface area contributed by atoms with Gasteiger partial charge in [-0.2, -0.15) is 57.9 Å². The summed E-state index contributed by atoms with van der Waals surface area (Å²) in [5.74, 6) is -1.49. The van der Waals surface area contributed by atoms with Gasteiger partial charge in [-0.05, 0) is 151 Å². The number of methoxy groups -OCH3 is 1. The third-order valence-electron chi connectivity index (χ3n) is 12.1. The number of hydrogen-bond acceptors (Lipinski definition) is 7. The van der Waals surface area contributed by atoms with Crippen molar-refractivity contribution in [1.82, 2.24) is 0 Å². The van der Waals surface area contributed by atoms with Gasteiger partial charge < -0.3 is 18.9 Å². The highest BCUT2D eigenvalue weighted by molar-refractivity contribution is 7.91. The van der Waals surface area contributed by atoms with E-state index in [0.29, 0.717) is 54.1 Å². The number of hydrogen-bond donors (Lipinski definition) is 0. The van der Waals surface area contributed by atoms with Gasteiger partial charge in [0.2, 0.25) is 20.7 Å². The first-order chi connectivity index (χ1) is 34.1. The third kappa shape index (κ3) is 9.73. The van der Waals surface area contributed by atoms with Gasteiger partial charge in [-0.15, -0.1) is 0 Å². The second-order valence-corrected chi connectivity index (χ2v) is 18.5. The van der Waals surface area contributed by atoms with Crippen molar-refractivity contribution >= 4 is 9.84 Å². The van der Waals surface area contributed by atoms with Crippen LogP contribution in [0.4, 0.5) is 52.7 Å². The molecule has 0 N–H and O–H groups in total. The van der Waals surface area contributed by atoms with E-state index in [2.05, 4.69) is 0 Å². The molecule has 7 rings (SSSR count). The van der Waals surface area contributed by atoms with Gasteiger partial charge in [0.05, 0.1) is 16.9 Å². The quantitative estimate of drug-likeness (QED) is 0.106. The van der Waals surface area contributed by atoms with Gasteiger partial charge in [-0.1, -0.05) is 60.7 Å². The van der Waals surface area contributed by atoms with Crippen molar-refractivity contribution in [2.75, 3.05) is 7.11 Å². The molecule has 0 fully saturated rings. The number of sulfone groups is 1. The summed E-state index contributed by atoms with van der Waals surface area (Å²) < 4.78 is 227. The molecule has 0 saturated heterocycles. The number of benzene rings is 7. The van der Waals surface area contributed by atoms with Crippen molar-refractivity contribution in [3.05, 3.63) is 196 Å². The van der Waals surface area contributed by atoms with Crippen molar-refractivity contribution in [3.63, 3.8) is 0 Å². The van der Waals surface area contributed by atoms with Crippen molar-refractivity contribution in [1.29, 1.82) is 5.26 Å². The molecule has 0 amide bonds. The topological polar surface area (TPSA) is 94.8 Å². The van der Waals surface area contributed by atoms with Crippen LogP contribution in [-0.2, 0) is 20.7 Å². The standard InChI is InChI=1S/C53H37F12NO6S/c1-31-8-25-42(28-32(31)2)73(67,68)43-26-27-45(33(3)29-43)70-39-19-11-35(12-20-39)49(52(60,61)62,53(63,64)65)37-15-23-41(24-16-37)72-47-7-5-6-46(44(47)30-66)71-40-21-13-36(14-22-40)48(50(54,55)56,51(57,58)59)34-9-17-38(69-4)18-10-34/h5-29H,1-4H3. The normalized spacial score (nSPS) is 12.8. The number of rotatable bonds is 13. The van der Waals surface area contributed by atoms with Crippen LogP contribution >= 0.6 is 0 Å². The predicted molar refractivity (Wildman–Crippen MR) is 242 cm³/mol. The first kappa shape index (κ1) is 53.1. The van der Waals surface area contributed by atoms with Gasteiger partial charge in [-0.25, -0.2) is 8.42 Å². The maximum absolute atomic E-state index is 15.1. The Bertz CT molecular complexity index is 3260. The Morgan fingerprint density at radius 2 is 0.740 bits per heavy atom. The summed E-state index contributed by atoms with van der Waals surface area (Å²) in [6.07, 6.45) is -23.8. The molecule has 0 radical (unpaired) electrons. The molecule has 380 valence electrons. The van der Waals surface area contributed by atoms with Gasteiger partial charge in [0.15, 0.2) is 0 Å². The molecule has 0 saturated carbocycles. The van der Waals surface area contributed by atoms with E-state index in [1.54, 1.807) is 19.1 Å². The van der Waals surface area contributed by atoms with Gasteiger partial charge in [0, 0.05) is 0 Å². The van der Waals surface area contributed by atoms with E-state index in [-0.39, 0.29) is 50.0 Å². The molecule has 0 aromatic heterocycles. The number of ether oxygens (including phenoxy) is 4. The highest BCUT2D eigenvalue weighted by Gasteiger charge is 2.73. The van der Waals surface area contributed by atoms with Crippen molar-refractivity contribution in [2.45, 2.75) is 66.1 Å². The molecular formula is C53H37F12NO6S. The Kier molecular flexibility index (Phi) is 14.1. The fourth-order valence-electron chi connectivity index (χ4n) is 8.22. The van der Waals surface area contributed by atoms with Gasteiger partial charge >= 0.3 is 24.7 Å². The third-order valence-corrected chi connectivity index (χ3v) is 13.9. The molecule has 0 spiro atoms. The Hall–Kier alpha value is -7.66. The maximum Gasteiger partial charge on any atom is 0.411 e. The molecule has 0 aliphatic rings. The van der Waals surface area contributed by atoms with Crippen LogP contribution in [0.15, 0.2) is 161 Å². The summed E-state index contributed by atoms with van der Waals surface area (Å²) in [5.41, 5.74) is -12.5. The molecule has 7 nitrogen and oxygen atoms in total. The molecule has 0 bridgehead atoms. The molecule has 0 atom stereocenters. The molecule has 0 unspecified atom stereocenters. The van der Waals surface area contributed by atoms with Crippen LogP contribution in [0.5, 0.6) is 40.2 Å². The second kappa shape index (κ2) is 19.4. The second-order valence-electron chi connectivity index (χ2n) is 16.5. The Labute approximate surface area is 409 Å². The van der Waals surface area contributed by atoms with Crippen molar-refractivity contribution in [3.8, 4) is 46.3 Å². The number of aryl methyl sites for hydroxylation is 3. The van der Waals surface area contributed by atoms with E-state index in [1.165, 1.54) is 62.6 Å². The van der Waals surface area contributed by atoms with Crippen LogP contribution in [0.1, 0.15) is 44.5 Å². The Balaban J connectivity index is 1.14. The summed E-state index contributed by atoms with van der Waals surface area (Å²) in [5, 5.41) is 10.1. The molecule has 0 aliphatic carbocycles. The molecule has 7 aromatic rings. The predicted octanol–water partition coefficient (Wildman–Crippen LogP) is 15.5. The lowest BCUT2D eigenvalue weighted by Crippen LogP contribution is -2.54. The van der Waals surface area contributed by atoms with Crippen molar-refractivity contribution < 1.29 is 80.1 Å². The van der Waals surface area contributed by atoms with Crippen molar-refractivity contribution in [2.24, 2.45) is 0 Å². The first-order valence-corrected chi connectivity index (χ1v) is 22.8. The molecule has 0 heterocycles. The average Bonchev–Trinajstić information content (AvgIpc) is 3.31. The summed E-state index contributed by atoms with van der Waals surface area (Å²) in [6, 6.07) is 25.4. The summed E-state index contributed by atoms with van der Waals surface area (Å²) in [6.45, 7) is 5.08. The zero-order valence-electron chi connectivity index (χ0n) is 38.3. The van der Waals surface area contributed by atoms with Gasteiger partial charge in [0.1, 0.15) is 51.9 Å². The Morgan fingerprint density at radius 3 is 1.05 bits per heavy atom. The van der Waals surface area contributed by atoms with Gasteiger partial charge in [-0.3, -0.25) is 0 Å². The molecule has 0 aliphatic heterocycles. The fraction of sp³-hybridized carbons (Fsp3) is 0.189. The highest BCUT2D eigenvalue weighted by Crippen LogP contribution is 2.58. The lowest BCUT2D eigenvalue weighted by atomic mass is 9.73. The molecule has 7 aromatic carbocycles. The summed E-state index contributed by atoms with van der Waals surface area (Å²) >= 11 is 0. The molecule has 20 heteroatoms. The minimum absolute atomic E-state index is 0.00177.